The Labute approximate surface area is 117 Å². The lowest BCUT2D eigenvalue weighted by Gasteiger charge is -2.06. The van der Waals surface area contributed by atoms with E-state index in [1.807, 2.05) is 0 Å². The van der Waals surface area contributed by atoms with Gasteiger partial charge in [0.05, 0.1) is 23.6 Å². The fourth-order valence-corrected chi connectivity index (χ4v) is 1.54. The van der Waals surface area contributed by atoms with Gasteiger partial charge in [-0.3, -0.25) is 9.78 Å². The van der Waals surface area contributed by atoms with Crippen LogP contribution in [0, 0.1) is 5.82 Å². The summed E-state index contributed by atoms with van der Waals surface area (Å²) in [6.07, 6.45) is 2.39. The molecule has 0 radical (unpaired) electrons. The van der Waals surface area contributed by atoms with E-state index in [1.54, 1.807) is 0 Å². The number of halogens is 2. The summed E-state index contributed by atoms with van der Waals surface area (Å²) in [5.41, 5.74) is -0.534. The van der Waals surface area contributed by atoms with Crippen LogP contribution in [0.25, 0.3) is 0 Å². The standard InChI is InChI=1S/C12H7ClFN3O3/c13-10-5-15-4-9(16-10)11(18)17-8-3-6(12(19)20)1-2-7(8)14/h1-5H,(H,17,18)(H,19,20). The number of aromatic nitrogens is 2. The van der Waals surface area contributed by atoms with Crippen LogP contribution in [-0.4, -0.2) is 27.0 Å². The Kier molecular flexibility index (Phi) is 3.90. The second-order valence-corrected chi connectivity index (χ2v) is 4.07. The molecule has 0 unspecified atom stereocenters. The number of carbonyl (C=O) groups excluding carboxylic acids is 1. The predicted octanol–water partition coefficient (Wildman–Crippen LogP) is 2.22. The molecule has 0 aliphatic heterocycles. The number of carboxylic acids is 1. The molecule has 0 saturated heterocycles. The van der Waals surface area contributed by atoms with Crippen molar-refractivity contribution < 1.29 is 19.1 Å². The summed E-state index contributed by atoms with van der Waals surface area (Å²) in [6.45, 7) is 0. The molecule has 2 rings (SSSR count). The third-order valence-corrected chi connectivity index (χ3v) is 2.48. The quantitative estimate of drug-likeness (QED) is 0.906. The van der Waals surface area contributed by atoms with Crippen LogP contribution in [-0.2, 0) is 0 Å². The van der Waals surface area contributed by atoms with Crippen LogP contribution in [0.15, 0.2) is 30.6 Å². The highest BCUT2D eigenvalue weighted by Crippen LogP contribution is 2.17. The van der Waals surface area contributed by atoms with Gasteiger partial charge < -0.3 is 10.4 Å². The molecule has 0 bridgehead atoms. The van der Waals surface area contributed by atoms with E-state index in [0.717, 1.165) is 24.4 Å². The lowest BCUT2D eigenvalue weighted by molar-refractivity contribution is 0.0696. The minimum atomic E-state index is -1.23. The number of aromatic carboxylic acids is 1. The lowest BCUT2D eigenvalue weighted by Crippen LogP contribution is -2.15. The van der Waals surface area contributed by atoms with Gasteiger partial charge in [-0.15, -0.1) is 0 Å². The highest BCUT2D eigenvalue weighted by atomic mass is 35.5. The summed E-state index contributed by atoms with van der Waals surface area (Å²) >= 11 is 5.58. The molecule has 2 N–H and O–H groups in total. The predicted molar refractivity (Wildman–Crippen MR) is 68.4 cm³/mol. The number of hydrogen-bond acceptors (Lipinski definition) is 4. The monoisotopic (exact) mass is 295 g/mol. The number of anilines is 1. The zero-order chi connectivity index (χ0) is 14.7. The molecule has 102 valence electrons. The van der Waals surface area contributed by atoms with Gasteiger partial charge in [0.2, 0.25) is 0 Å². The van der Waals surface area contributed by atoms with Gasteiger partial charge in [-0.05, 0) is 18.2 Å². The molecule has 2 aromatic rings. The van der Waals surface area contributed by atoms with E-state index < -0.39 is 17.7 Å². The summed E-state index contributed by atoms with van der Waals surface area (Å²) in [7, 11) is 0. The largest absolute Gasteiger partial charge is 0.478 e. The normalized spacial score (nSPS) is 10.1. The average molecular weight is 296 g/mol. The van der Waals surface area contributed by atoms with Crippen LogP contribution >= 0.6 is 11.6 Å². The van der Waals surface area contributed by atoms with Crippen molar-refractivity contribution in [3.63, 3.8) is 0 Å². The lowest BCUT2D eigenvalue weighted by atomic mass is 10.2. The number of nitrogens with zero attached hydrogens (tertiary/aromatic N) is 2. The molecule has 1 aromatic heterocycles. The molecule has 0 fully saturated rings. The van der Waals surface area contributed by atoms with E-state index in [0.29, 0.717) is 0 Å². The Morgan fingerprint density at radius 3 is 2.70 bits per heavy atom. The molecule has 1 heterocycles. The Morgan fingerprint density at radius 1 is 1.30 bits per heavy atom. The number of amides is 1. The maximum absolute atomic E-state index is 13.5. The first-order valence-corrected chi connectivity index (χ1v) is 5.67. The smallest absolute Gasteiger partial charge is 0.335 e. The molecule has 1 amide bonds. The maximum atomic E-state index is 13.5. The molecule has 0 spiro atoms. The zero-order valence-electron chi connectivity index (χ0n) is 9.80. The summed E-state index contributed by atoms with van der Waals surface area (Å²) in [5.74, 6) is -2.75. The topological polar surface area (TPSA) is 92.2 Å². The van der Waals surface area contributed by atoms with Gasteiger partial charge in [0.15, 0.2) is 0 Å². The minimum Gasteiger partial charge on any atom is -0.478 e. The first kappa shape index (κ1) is 13.9. The molecule has 20 heavy (non-hydrogen) atoms. The van der Waals surface area contributed by atoms with E-state index in [4.69, 9.17) is 16.7 Å². The minimum absolute atomic E-state index is 0.0115. The van der Waals surface area contributed by atoms with E-state index in [-0.39, 0.29) is 22.1 Å². The molecule has 8 heteroatoms. The first-order valence-electron chi connectivity index (χ1n) is 5.29. The summed E-state index contributed by atoms with van der Waals surface area (Å²) in [5, 5.41) is 11.0. The van der Waals surface area contributed by atoms with Crippen molar-refractivity contribution in [3.05, 3.63) is 52.8 Å². The van der Waals surface area contributed by atoms with Gasteiger partial charge in [0.25, 0.3) is 5.91 Å². The van der Waals surface area contributed by atoms with Gasteiger partial charge in [0, 0.05) is 0 Å². The fraction of sp³-hybridized carbons (Fsp3) is 0. The van der Waals surface area contributed by atoms with Crippen LogP contribution in [0.1, 0.15) is 20.8 Å². The van der Waals surface area contributed by atoms with E-state index >= 15 is 0 Å². The molecule has 0 saturated carbocycles. The molecule has 0 aliphatic rings. The third kappa shape index (κ3) is 3.07. The van der Waals surface area contributed by atoms with Crippen molar-refractivity contribution in [2.24, 2.45) is 0 Å². The van der Waals surface area contributed by atoms with Gasteiger partial charge >= 0.3 is 5.97 Å². The highest BCUT2D eigenvalue weighted by Gasteiger charge is 2.13. The Hall–Kier alpha value is -2.54. The summed E-state index contributed by atoms with van der Waals surface area (Å²) in [4.78, 5) is 30.0. The van der Waals surface area contributed by atoms with Crippen molar-refractivity contribution in [1.29, 1.82) is 0 Å². The third-order valence-electron chi connectivity index (χ3n) is 2.30. The average Bonchev–Trinajstić information content (AvgIpc) is 2.41. The number of carbonyl (C=O) groups is 2. The number of carboxylic acid groups (broad SMARTS) is 1. The van der Waals surface area contributed by atoms with Crippen molar-refractivity contribution in [2.75, 3.05) is 5.32 Å². The van der Waals surface area contributed by atoms with Crippen molar-refractivity contribution in [2.45, 2.75) is 0 Å². The Bertz CT molecular complexity index is 693. The summed E-state index contributed by atoms with van der Waals surface area (Å²) < 4.78 is 13.5. The number of benzene rings is 1. The zero-order valence-corrected chi connectivity index (χ0v) is 10.6. The molecule has 6 nitrogen and oxygen atoms in total. The van der Waals surface area contributed by atoms with Crippen LogP contribution in [0.4, 0.5) is 10.1 Å². The van der Waals surface area contributed by atoms with E-state index in [9.17, 15) is 14.0 Å². The highest BCUT2D eigenvalue weighted by molar-refractivity contribution is 6.29. The molecule has 0 atom stereocenters. The summed E-state index contributed by atoms with van der Waals surface area (Å²) in [6, 6.07) is 3.04. The molecular weight excluding hydrogens is 289 g/mol. The van der Waals surface area contributed by atoms with Crippen molar-refractivity contribution in [1.82, 2.24) is 9.97 Å². The Morgan fingerprint density at radius 2 is 2.05 bits per heavy atom. The van der Waals surface area contributed by atoms with Crippen LogP contribution in [0.2, 0.25) is 5.15 Å². The van der Waals surface area contributed by atoms with Gasteiger partial charge in [-0.25, -0.2) is 14.2 Å². The second kappa shape index (κ2) is 5.62. The Balaban J connectivity index is 2.27. The van der Waals surface area contributed by atoms with Crippen molar-refractivity contribution in [3.8, 4) is 0 Å². The number of nitrogens with one attached hydrogen (secondary N) is 1. The SMILES string of the molecule is O=C(O)c1ccc(F)c(NC(=O)c2cncc(Cl)n2)c1. The van der Waals surface area contributed by atoms with Crippen LogP contribution < -0.4 is 5.32 Å². The van der Waals surface area contributed by atoms with Gasteiger partial charge in [0.1, 0.15) is 16.7 Å². The van der Waals surface area contributed by atoms with E-state index in [1.165, 1.54) is 6.20 Å². The second-order valence-electron chi connectivity index (χ2n) is 3.68. The van der Waals surface area contributed by atoms with Crippen LogP contribution in [0.5, 0.6) is 0 Å². The van der Waals surface area contributed by atoms with Crippen molar-refractivity contribution >= 4 is 29.2 Å². The molecular formula is C12H7ClFN3O3. The first-order chi connectivity index (χ1) is 9.47. The fourth-order valence-electron chi connectivity index (χ4n) is 1.39. The van der Waals surface area contributed by atoms with E-state index in [2.05, 4.69) is 15.3 Å². The maximum Gasteiger partial charge on any atom is 0.335 e. The molecule has 0 aliphatic carbocycles. The van der Waals surface area contributed by atoms with Crippen LogP contribution in [0.3, 0.4) is 0 Å². The number of hydrogen-bond donors (Lipinski definition) is 2. The van der Waals surface area contributed by atoms with Gasteiger partial charge in [-0.2, -0.15) is 0 Å². The number of rotatable bonds is 3. The molecule has 1 aromatic carbocycles. The van der Waals surface area contributed by atoms with Gasteiger partial charge in [-0.1, -0.05) is 11.6 Å².